The molecular formula is C17H23F2IN4OS. The van der Waals surface area contributed by atoms with Crippen LogP contribution >= 0.6 is 35.3 Å². The van der Waals surface area contributed by atoms with Crippen LogP contribution in [0.25, 0.3) is 0 Å². The first kappa shape index (κ1) is 22.6. The van der Waals surface area contributed by atoms with E-state index in [1.807, 2.05) is 20.8 Å². The minimum atomic E-state index is -0.921. The Kier molecular flexibility index (Phi) is 9.78. The van der Waals surface area contributed by atoms with E-state index in [0.717, 1.165) is 34.3 Å². The molecule has 1 aromatic heterocycles. The molecule has 9 heteroatoms. The zero-order valence-electron chi connectivity index (χ0n) is 14.9. The first-order chi connectivity index (χ1) is 12.0. The molecule has 0 radical (unpaired) electrons. The molecule has 1 aromatic carbocycles. The fourth-order valence-electron chi connectivity index (χ4n) is 2.12. The summed E-state index contributed by atoms with van der Waals surface area (Å²) >= 11 is 1.64. The number of benzene rings is 1. The van der Waals surface area contributed by atoms with Gasteiger partial charge in [-0.25, -0.2) is 18.8 Å². The van der Waals surface area contributed by atoms with Crippen LogP contribution in [0.3, 0.4) is 0 Å². The van der Waals surface area contributed by atoms with Gasteiger partial charge in [0.05, 0.1) is 23.8 Å². The van der Waals surface area contributed by atoms with Gasteiger partial charge in [-0.2, -0.15) is 0 Å². The van der Waals surface area contributed by atoms with Gasteiger partial charge in [-0.3, -0.25) is 0 Å². The molecule has 1 heterocycles. The van der Waals surface area contributed by atoms with Crippen molar-refractivity contribution in [2.24, 2.45) is 4.99 Å². The number of hydrogen-bond acceptors (Lipinski definition) is 4. The molecule has 0 aliphatic heterocycles. The summed E-state index contributed by atoms with van der Waals surface area (Å²) in [7, 11) is 0. The predicted octanol–water partition coefficient (Wildman–Crippen LogP) is 3.79. The number of guanidine groups is 1. The van der Waals surface area contributed by atoms with E-state index in [4.69, 9.17) is 4.74 Å². The summed E-state index contributed by atoms with van der Waals surface area (Å²) in [6, 6.07) is 3.47. The number of ether oxygens (including phenoxy) is 1. The van der Waals surface area contributed by atoms with Gasteiger partial charge in [0.2, 0.25) is 0 Å². The zero-order chi connectivity index (χ0) is 18.2. The molecule has 0 amide bonds. The lowest BCUT2D eigenvalue weighted by molar-refractivity contribution is 0.318. The monoisotopic (exact) mass is 496 g/mol. The largest absolute Gasteiger partial charge is 0.492 e. The van der Waals surface area contributed by atoms with Crippen molar-refractivity contribution in [1.29, 1.82) is 0 Å². The second kappa shape index (κ2) is 11.3. The van der Waals surface area contributed by atoms with Gasteiger partial charge in [0.25, 0.3) is 0 Å². The Balaban J connectivity index is 0.00000338. The van der Waals surface area contributed by atoms with Gasteiger partial charge in [-0.1, -0.05) is 0 Å². The Morgan fingerprint density at radius 3 is 2.62 bits per heavy atom. The van der Waals surface area contributed by atoms with E-state index in [0.29, 0.717) is 31.4 Å². The van der Waals surface area contributed by atoms with Crippen LogP contribution in [-0.2, 0) is 6.54 Å². The van der Waals surface area contributed by atoms with Crippen LogP contribution in [0.5, 0.6) is 5.75 Å². The Morgan fingerprint density at radius 2 is 2.00 bits per heavy atom. The lowest BCUT2D eigenvalue weighted by Gasteiger charge is -2.12. The van der Waals surface area contributed by atoms with E-state index in [-0.39, 0.29) is 24.0 Å². The molecule has 0 saturated carbocycles. The third kappa shape index (κ3) is 7.02. The predicted molar refractivity (Wildman–Crippen MR) is 112 cm³/mol. The first-order valence-electron chi connectivity index (χ1n) is 8.02. The first-order valence-corrected chi connectivity index (χ1v) is 8.84. The Labute approximate surface area is 173 Å². The number of hydrogen-bond donors (Lipinski definition) is 2. The SMILES string of the molecule is CCNC(=NCc1sc(C)nc1C)NCCOc1ccc(F)c(F)c1.I. The average Bonchev–Trinajstić information content (AvgIpc) is 2.90. The molecule has 0 bridgehead atoms. The van der Waals surface area contributed by atoms with Crippen molar-refractivity contribution >= 4 is 41.3 Å². The molecule has 0 unspecified atom stereocenters. The molecule has 0 aliphatic rings. The normalized spacial score (nSPS) is 11.0. The standard InChI is InChI=1S/C17H22F2N4OS.HI/c1-4-20-17(22-10-16-11(2)23-12(3)25-16)21-7-8-24-13-5-6-14(18)15(19)9-13;/h5-6,9H,4,7-8,10H2,1-3H3,(H2,20,21,22);1H. The van der Waals surface area contributed by atoms with Gasteiger partial charge >= 0.3 is 0 Å². The molecule has 0 fully saturated rings. The summed E-state index contributed by atoms with van der Waals surface area (Å²) in [6.07, 6.45) is 0. The van der Waals surface area contributed by atoms with Crippen LogP contribution in [0.4, 0.5) is 8.78 Å². The van der Waals surface area contributed by atoms with E-state index in [2.05, 4.69) is 20.6 Å². The Bertz CT molecular complexity index is 740. The molecule has 5 nitrogen and oxygen atoms in total. The van der Waals surface area contributed by atoms with Crippen molar-refractivity contribution in [3.05, 3.63) is 45.4 Å². The van der Waals surface area contributed by atoms with Gasteiger partial charge in [0.1, 0.15) is 12.4 Å². The van der Waals surface area contributed by atoms with Crippen molar-refractivity contribution in [2.75, 3.05) is 19.7 Å². The molecule has 0 saturated heterocycles. The van der Waals surface area contributed by atoms with Gasteiger partial charge in [0.15, 0.2) is 17.6 Å². The molecule has 0 atom stereocenters. The number of nitrogens with one attached hydrogen (secondary N) is 2. The molecule has 2 rings (SSSR count). The summed E-state index contributed by atoms with van der Waals surface area (Å²) in [5, 5.41) is 7.32. The van der Waals surface area contributed by atoms with E-state index in [1.165, 1.54) is 6.07 Å². The Hall–Kier alpha value is -1.49. The quantitative estimate of drug-likeness (QED) is 0.265. The maximum Gasteiger partial charge on any atom is 0.191 e. The number of aromatic nitrogens is 1. The van der Waals surface area contributed by atoms with Gasteiger partial charge in [0, 0.05) is 17.5 Å². The second-order valence-electron chi connectivity index (χ2n) is 5.29. The molecule has 0 aliphatic carbocycles. The van der Waals surface area contributed by atoms with Gasteiger partial charge in [-0.05, 0) is 32.9 Å². The minimum Gasteiger partial charge on any atom is -0.492 e. The Morgan fingerprint density at radius 1 is 1.23 bits per heavy atom. The summed E-state index contributed by atoms with van der Waals surface area (Å²) < 4.78 is 31.4. The van der Waals surface area contributed by atoms with E-state index < -0.39 is 11.6 Å². The van der Waals surface area contributed by atoms with Crippen molar-refractivity contribution < 1.29 is 13.5 Å². The number of nitrogens with zero attached hydrogens (tertiary/aromatic N) is 2. The van der Waals surface area contributed by atoms with Crippen molar-refractivity contribution in [2.45, 2.75) is 27.3 Å². The molecule has 26 heavy (non-hydrogen) atoms. The summed E-state index contributed by atoms with van der Waals surface area (Å²) in [4.78, 5) is 10.0. The maximum absolute atomic E-state index is 13.1. The summed E-state index contributed by atoms with van der Waals surface area (Å²) in [5.41, 5.74) is 1.00. The molecule has 2 N–H and O–H groups in total. The van der Waals surface area contributed by atoms with Gasteiger partial charge in [-0.15, -0.1) is 35.3 Å². The van der Waals surface area contributed by atoms with Crippen LogP contribution in [0.1, 0.15) is 22.5 Å². The lowest BCUT2D eigenvalue weighted by atomic mass is 10.3. The highest BCUT2D eigenvalue weighted by Gasteiger charge is 2.05. The number of thiazole rings is 1. The van der Waals surface area contributed by atoms with Crippen LogP contribution in [0, 0.1) is 25.5 Å². The third-order valence-electron chi connectivity index (χ3n) is 3.28. The van der Waals surface area contributed by atoms with Crippen molar-refractivity contribution in [1.82, 2.24) is 15.6 Å². The average molecular weight is 496 g/mol. The minimum absolute atomic E-state index is 0. The van der Waals surface area contributed by atoms with E-state index in [1.54, 1.807) is 11.3 Å². The molecule has 0 spiro atoms. The zero-order valence-corrected chi connectivity index (χ0v) is 18.1. The van der Waals surface area contributed by atoms with E-state index >= 15 is 0 Å². The van der Waals surface area contributed by atoms with Gasteiger partial charge < -0.3 is 15.4 Å². The highest BCUT2D eigenvalue weighted by molar-refractivity contribution is 14.0. The fourth-order valence-corrected chi connectivity index (χ4v) is 2.98. The number of rotatable bonds is 7. The van der Waals surface area contributed by atoms with Crippen LogP contribution in [0.2, 0.25) is 0 Å². The maximum atomic E-state index is 13.1. The van der Waals surface area contributed by atoms with Crippen LogP contribution in [0.15, 0.2) is 23.2 Å². The fraction of sp³-hybridized carbons (Fsp3) is 0.412. The molecule has 2 aromatic rings. The van der Waals surface area contributed by atoms with Crippen molar-refractivity contribution in [3.63, 3.8) is 0 Å². The third-order valence-corrected chi connectivity index (χ3v) is 4.34. The smallest absolute Gasteiger partial charge is 0.191 e. The lowest BCUT2D eigenvalue weighted by Crippen LogP contribution is -2.39. The van der Waals surface area contributed by atoms with E-state index in [9.17, 15) is 8.78 Å². The number of aliphatic imine (C=N–C) groups is 1. The van der Waals surface area contributed by atoms with Crippen LogP contribution in [-0.4, -0.2) is 30.6 Å². The number of halogens is 3. The molecular weight excluding hydrogens is 473 g/mol. The number of aryl methyl sites for hydroxylation is 2. The summed E-state index contributed by atoms with van der Waals surface area (Å²) in [5.74, 6) is -0.851. The van der Waals surface area contributed by atoms with Crippen LogP contribution < -0.4 is 15.4 Å². The highest BCUT2D eigenvalue weighted by atomic mass is 127. The topological polar surface area (TPSA) is 58.5 Å². The second-order valence-corrected chi connectivity index (χ2v) is 6.58. The summed E-state index contributed by atoms with van der Waals surface area (Å²) in [6.45, 7) is 8.00. The highest BCUT2D eigenvalue weighted by Crippen LogP contribution is 2.18. The van der Waals surface area contributed by atoms with Crippen molar-refractivity contribution in [3.8, 4) is 5.75 Å². The molecule has 144 valence electrons.